The summed E-state index contributed by atoms with van der Waals surface area (Å²) in [5.74, 6) is -2.29. The van der Waals surface area contributed by atoms with Gasteiger partial charge >= 0.3 is 0 Å². The molecule has 3 fully saturated rings. The number of carbonyl (C=O) groups is 2. The Labute approximate surface area is 270 Å². The maximum atomic E-state index is 15.2. The molecule has 0 aromatic heterocycles. The Bertz CT molecular complexity index is 1650. The number of piperidine rings is 1. The van der Waals surface area contributed by atoms with Crippen molar-refractivity contribution >= 4 is 35.6 Å². The maximum Gasteiger partial charge on any atom is 0.257 e. The summed E-state index contributed by atoms with van der Waals surface area (Å²) in [7, 11) is -2.52. The summed E-state index contributed by atoms with van der Waals surface area (Å²) < 4.78 is 39.9. The van der Waals surface area contributed by atoms with Gasteiger partial charge in [-0.05, 0) is 93.5 Å². The van der Waals surface area contributed by atoms with Crippen LogP contribution in [0.25, 0.3) is 0 Å². The number of rotatable bonds is 7. The smallest absolute Gasteiger partial charge is 0.257 e. The van der Waals surface area contributed by atoms with Crippen molar-refractivity contribution in [3.05, 3.63) is 88.7 Å². The highest BCUT2D eigenvalue weighted by Crippen LogP contribution is 2.46. The average molecular weight is 648 g/mol. The number of nitrogens with zero attached hydrogens (tertiary/aromatic N) is 2. The van der Waals surface area contributed by atoms with Crippen LogP contribution in [0.15, 0.2) is 60.7 Å². The third-order valence-corrected chi connectivity index (χ3v) is 11.6. The topological polar surface area (TPSA) is 102 Å². The summed E-state index contributed by atoms with van der Waals surface area (Å²) in [6.07, 6.45) is 2.15. The molecule has 8 nitrogen and oxygen atoms in total. The van der Waals surface area contributed by atoms with Crippen molar-refractivity contribution in [1.29, 1.82) is 0 Å². The fraction of sp³-hybridized carbons (Fsp3) is 0.444. The van der Waals surface area contributed by atoms with Crippen LogP contribution in [0.2, 0.25) is 0 Å². The number of carbonyl (C=O) groups excluding carboxylic acids is 2. The number of amides is 2. The number of primary amides is 1. The van der Waals surface area contributed by atoms with Gasteiger partial charge in [0, 0.05) is 41.9 Å². The molecule has 0 radical (unpaired) electrons. The Morgan fingerprint density at radius 2 is 1.63 bits per heavy atom. The van der Waals surface area contributed by atoms with Gasteiger partial charge in [-0.2, -0.15) is 0 Å². The second-order valence-corrected chi connectivity index (χ2v) is 16.5. The molecule has 0 spiro atoms. The Morgan fingerprint density at radius 3 is 2.28 bits per heavy atom. The Kier molecular flexibility index (Phi) is 9.12. The van der Waals surface area contributed by atoms with Crippen molar-refractivity contribution in [2.24, 2.45) is 17.6 Å². The second-order valence-electron chi connectivity index (χ2n) is 13.3. The average Bonchev–Trinajstić information content (AvgIpc) is 3.50. The van der Waals surface area contributed by atoms with Crippen LogP contribution >= 0.6 is 7.14 Å². The summed E-state index contributed by atoms with van der Waals surface area (Å²) >= 11 is 0. The fourth-order valence-corrected chi connectivity index (χ4v) is 8.99. The zero-order valence-corrected chi connectivity index (χ0v) is 27.8. The maximum absolute atomic E-state index is 15.2. The number of halogens is 1. The molecule has 46 heavy (non-hydrogen) atoms. The fourth-order valence-electron chi connectivity index (χ4n) is 7.62. The molecular formula is C36H43FN3O5P. The molecule has 4 unspecified atom stereocenters. The first kappa shape index (κ1) is 32.4. The summed E-state index contributed by atoms with van der Waals surface area (Å²) in [6.45, 7) is 9.33. The lowest BCUT2D eigenvalue weighted by Crippen LogP contribution is -2.55. The predicted molar refractivity (Wildman–Crippen MR) is 178 cm³/mol. The standard InChI is InChI=1S/C36H43FN3O5P/c1-22-8-11-28(19-32(22)46(3,4)43)39(27-14-16-44-17-15-27)26-12-9-24(10-13-26)34-29(35(38)41)18-25-20-45-21-31(25)40(34)36(42)33-23(2)6-5-7-30(33)37/h5-13,19,25,27,29,31,34H,14-18,20-21H2,1-4H3,(H2,38,41). The zero-order valence-electron chi connectivity index (χ0n) is 26.9. The van der Waals surface area contributed by atoms with E-state index in [4.69, 9.17) is 15.2 Å². The van der Waals surface area contributed by atoms with Crippen molar-refractivity contribution in [2.45, 2.75) is 51.2 Å². The third-order valence-electron chi connectivity index (χ3n) is 9.92. The number of hydrogen-bond donors (Lipinski definition) is 1. The molecule has 10 heteroatoms. The van der Waals surface area contributed by atoms with E-state index in [1.165, 1.54) is 6.07 Å². The largest absolute Gasteiger partial charge is 0.381 e. The molecule has 3 aliphatic rings. The van der Waals surface area contributed by atoms with Gasteiger partial charge in [0.15, 0.2) is 0 Å². The minimum Gasteiger partial charge on any atom is -0.381 e. The lowest BCUT2D eigenvalue weighted by molar-refractivity contribution is -0.126. The number of likely N-dealkylation sites (tertiary alicyclic amines) is 1. The van der Waals surface area contributed by atoms with Gasteiger partial charge < -0.3 is 29.6 Å². The Hall–Kier alpha value is -3.52. The van der Waals surface area contributed by atoms with Gasteiger partial charge in [0.2, 0.25) is 5.91 Å². The second kappa shape index (κ2) is 12.9. The van der Waals surface area contributed by atoms with E-state index in [2.05, 4.69) is 11.0 Å². The molecule has 6 rings (SSSR count). The molecule has 0 saturated carbocycles. The normalized spacial score (nSPS) is 23.6. The Balaban J connectivity index is 1.43. The van der Waals surface area contributed by atoms with E-state index in [0.717, 1.165) is 40.6 Å². The minimum absolute atomic E-state index is 0.00453. The highest BCUT2D eigenvalue weighted by atomic mass is 31.2. The van der Waals surface area contributed by atoms with Crippen molar-refractivity contribution in [1.82, 2.24) is 4.90 Å². The number of nitrogens with two attached hydrogens (primary N) is 1. The molecule has 3 aromatic carbocycles. The number of benzene rings is 3. The first-order valence-corrected chi connectivity index (χ1v) is 18.6. The van der Waals surface area contributed by atoms with Crippen LogP contribution in [0.1, 0.15) is 52.4 Å². The number of hydrogen-bond acceptors (Lipinski definition) is 6. The van der Waals surface area contributed by atoms with E-state index >= 15 is 4.39 Å². The summed E-state index contributed by atoms with van der Waals surface area (Å²) in [5.41, 5.74) is 10.2. The van der Waals surface area contributed by atoms with E-state index < -0.39 is 36.7 Å². The van der Waals surface area contributed by atoms with Crippen LogP contribution in [0, 0.1) is 31.5 Å². The molecule has 3 aromatic rings. The van der Waals surface area contributed by atoms with Crippen LogP contribution in [-0.2, 0) is 18.8 Å². The minimum atomic E-state index is -2.52. The number of fused-ring (bicyclic) bond motifs is 1. The van der Waals surface area contributed by atoms with Crippen molar-refractivity contribution in [3.8, 4) is 0 Å². The number of ether oxygens (including phenoxy) is 2. The molecular weight excluding hydrogens is 604 g/mol. The molecule has 4 atom stereocenters. The molecule has 3 saturated heterocycles. The first-order valence-electron chi connectivity index (χ1n) is 16.0. The van der Waals surface area contributed by atoms with Crippen LogP contribution < -0.4 is 15.9 Å². The van der Waals surface area contributed by atoms with Gasteiger partial charge in [-0.25, -0.2) is 4.39 Å². The SMILES string of the molecule is Cc1ccc(N(c2ccc(C3C(C(N)=O)CC4COCC4N3C(=O)c3c(C)cccc3F)cc2)C2CCOCC2)cc1P(C)(C)=O. The van der Waals surface area contributed by atoms with Crippen molar-refractivity contribution in [3.63, 3.8) is 0 Å². The van der Waals surface area contributed by atoms with E-state index in [1.807, 2.05) is 43.3 Å². The van der Waals surface area contributed by atoms with Crippen molar-refractivity contribution in [2.75, 3.05) is 44.7 Å². The molecule has 3 heterocycles. The van der Waals surface area contributed by atoms with Crippen molar-refractivity contribution < 1.29 is 28.0 Å². The van der Waals surface area contributed by atoms with E-state index in [0.29, 0.717) is 38.4 Å². The van der Waals surface area contributed by atoms with E-state index in [1.54, 1.807) is 37.3 Å². The summed E-state index contributed by atoms with van der Waals surface area (Å²) in [6, 6.07) is 17.8. The van der Waals surface area contributed by atoms with Gasteiger partial charge in [-0.15, -0.1) is 0 Å². The number of aryl methyl sites for hydroxylation is 2. The molecule has 3 aliphatic heterocycles. The van der Waals surface area contributed by atoms with Gasteiger partial charge in [-0.1, -0.05) is 30.3 Å². The number of anilines is 2. The molecule has 0 aliphatic carbocycles. The lowest BCUT2D eigenvalue weighted by atomic mass is 9.76. The van der Waals surface area contributed by atoms with E-state index in [9.17, 15) is 14.2 Å². The molecule has 2 amide bonds. The highest BCUT2D eigenvalue weighted by molar-refractivity contribution is 7.70. The van der Waals surface area contributed by atoms with Crippen LogP contribution in [0.4, 0.5) is 15.8 Å². The molecule has 2 N–H and O–H groups in total. The zero-order chi connectivity index (χ0) is 32.7. The Morgan fingerprint density at radius 1 is 0.935 bits per heavy atom. The summed E-state index contributed by atoms with van der Waals surface area (Å²) in [4.78, 5) is 31.2. The summed E-state index contributed by atoms with van der Waals surface area (Å²) in [5, 5.41) is 0.858. The molecule has 244 valence electrons. The lowest BCUT2D eigenvalue weighted by Gasteiger charge is -2.47. The predicted octanol–water partition coefficient (Wildman–Crippen LogP) is 5.71. The van der Waals surface area contributed by atoms with Gasteiger partial charge in [0.1, 0.15) is 13.0 Å². The van der Waals surface area contributed by atoms with Crippen LogP contribution in [0.3, 0.4) is 0 Å². The van der Waals surface area contributed by atoms with Gasteiger partial charge in [0.05, 0.1) is 36.8 Å². The quantitative estimate of drug-likeness (QED) is 0.330. The van der Waals surface area contributed by atoms with E-state index in [-0.39, 0.29) is 23.6 Å². The van der Waals surface area contributed by atoms with Crippen LogP contribution in [-0.4, -0.2) is 68.6 Å². The van der Waals surface area contributed by atoms with Gasteiger partial charge in [-0.3, -0.25) is 9.59 Å². The first-order chi connectivity index (χ1) is 22.0. The van der Waals surface area contributed by atoms with Crippen LogP contribution in [0.5, 0.6) is 0 Å². The van der Waals surface area contributed by atoms with Gasteiger partial charge in [0.25, 0.3) is 5.91 Å². The monoisotopic (exact) mass is 647 g/mol. The molecule has 0 bridgehead atoms. The highest BCUT2D eigenvalue weighted by Gasteiger charge is 2.50. The third kappa shape index (κ3) is 6.13.